The van der Waals surface area contributed by atoms with Crippen LogP contribution in [0.25, 0.3) is 22.3 Å². The van der Waals surface area contributed by atoms with Crippen molar-refractivity contribution < 1.29 is 0 Å². The molecule has 0 atom stereocenters. The van der Waals surface area contributed by atoms with E-state index in [4.69, 9.17) is 5.10 Å². The standard InChI is InChI=1S/C40H41N3/c1-39(2,3)34-25-35(40(4,5)6)27-37(26-34)43-28-42(38(41-43)31-20-14-9-15-21-31)36-23-32(29-16-10-7-11-17-29)22-33(24-36)30-18-12-8-13-19-30/h7-27H,28H2,1-6H3. The molecule has 0 spiro atoms. The Kier molecular flexibility index (Phi) is 7.43. The van der Waals surface area contributed by atoms with Crippen LogP contribution in [0.2, 0.25) is 0 Å². The van der Waals surface area contributed by atoms with E-state index in [-0.39, 0.29) is 10.8 Å². The predicted octanol–water partition coefficient (Wildman–Crippen LogP) is 10.3. The first-order chi connectivity index (χ1) is 20.6. The van der Waals surface area contributed by atoms with Gasteiger partial charge in [0.15, 0.2) is 5.84 Å². The molecule has 6 rings (SSSR count). The summed E-state index contributed by atoms with van der Waals surface area (Å²) in [5, 5.41) is 7.48. The third-order valence-electron chi connectivity index (χ3n) is 8.17. The number of hydrogen-bond donors (Lipinski definition) is 0. The second kappa shape index (κ2) is 11.2. The molecule has 216 valence electrons. The van der Waals surface area contributed by atoms with Crippen LogP contribution in [-0.4, -0.2) is 12.5 Å². The van der Waals surface area contributed by atoms with E-state index >= 15 is 0 Å². The van der Waals surface area contributed by atoms with Crippen LogP contribution >= 0.6 is 0 Å². The van der Waals surface area contributed by atoms with Gasteiger partial charge in [-0.05, 0) is 74.5 Å². The lowest BCUT2D eigenvalue weighted by atomic mass is 9.80. The van der Waals surface area contributed by atoms with Gasteiger partial charge in [0.05, 0.1) is 5.69 Å². The Morgan fingerprint density at radius 2 is 0.907 bits per heavy atom. The molecule has 5 aromatic rings. The van der Waals surface area contributed by atoms with Crippen molar-refractivity contribution in [2.45, 2.75) is 52.4 Å². The van der Waals surface area contributed by atoms with E-state index in [9.17, 15) is 0 Å². The number of nitrogens with zero attached hydrogens (tertiary/aromatic N) is 3. The van der Waals surface area contributed by atoms with Gasteiger partial charge < -0.3 is 4.90 Å². The molecule has 0 saturated carbocycles. The zero-order chi connectivity index (χ0) is 30.2. The molecule has 1 aliphatic heterocycles. The first-order valence-electron chi connectivity index (χ1n) is 15.2. The number of hydrazone groups is 1. The van der Waals surface area contributed by atoms with E-state index < -0.39 is 0 Å². The van der Waals surface area contributed by atoms with Crippen molar-refractivity contribution in [3.05, 3.63) is 144 Å². The maximum Gasteiger partial charge on any atom is 0.162 e. The molecule has 0 amide bonds. The maximum absolute atomic E-state index is 5.31. The minimum atomic E-state index is 0.0238. The average Bonchev–Trinajstić information content (AvgIpc) is 3.47. The van der Waals surface area contributed by atoms with Gasteiger partial charge in [0.2, 0.25) is 0 Å². The van der Waals surface area contributed by atoms with Gasteiger partial charge in [-0.2, -0.15) is 5.10 Å². The molecule has 1 heterocycles. The lowest BCUT2D eigenvalue weighted by molar-refractivity contribution is 0.568. The van der Waals surface area contributed by atoms with Crippen molar-refractivity contribution >= 4 is 17.2 Å². The van der Waals surface area contributed by atoms with E-state index in [1.165, 1.54) is 33.4 Å². The highest BCUT2D eigenvalue weighted by Gasteiger charge is 2.29. The molecule has 1 aliphatic rings. The monoisotopic (exact) mass is 563 g/mol. The highest BCUT2D eigenvalue weighted by Crippen LogP contribution is 2.38. The van der Waals surface area contributed by atoms with Gasteiger partial charge in [-0.15, -0.1) is 0 Å². The predicted molar refractivity (Wildman–Crippen MR) is 184 cm³/mol. The van der Waals surface area contributed by atoms with Crippen LogP contribution in [0.4, 0.5) is 11.4 Å². The molecular formula is C40H41N3. The molecule has 0 radical (unpaired) electrons. The Balaban J connectivity index is 1.51. The lowest BCUT2D eigenvalue weighted by Gasteiger charge is -2.28. The Bertz CT molecular complexity index is 1650. The van der Waals surface area contributed by atoms with Crippen LogP contribution in [-0.2, 0) is 10.8 Å². The summed E-state index contributed by atoms with van der Waals surface area (Å²) in [5.41, 5.74) is 10.8. The summed E-state index contributed by atoms with van der Waals surface area (Å²) < 4.78 is 0. The zero-order valence-corrected chi connectivity index (χ0v) is 26.2. The SMILES string of the molecule is CC(C)(C)c1cc(N2CN(c3cc(-c4ccccc4)cc(-c4ccccc4)c3)C(c3ccccc3)=N2)cc(C(C)(C)C)c1. The Hall–Kier alpha value is -4.63. The summed E-state index contributed by atoms with van der Waals surface area (Å²) in [6, 6.07) is 45.7. The molecule has 0 aromatic heterocycles. The van der Waals surface area contributed by atoms with Crippen molar-refractivity contribution in [3.8, 4) is 22.3 Å². The van der Waals surface area contributed by atoms with Crippen LogP contribution in [0.15, 0.2) is 132 Å². The molecular weight excluding hydrogens is 522 g/mol. The number of benzene rings is 5. The van der Waals surface area contributed by atoms with Gasteiger partial charge in [-0.1, -0.05) is 139 Å². The van der Waals surface area contributed by atoms with E-state index in [1.54, 1.807) is 0 Å². The quantitative estimate of drug-likeness (QED) is 0.212. The first-order valence-corrected chi connectivity index (χ1v) is 15.2. The summed E-state index contributed by atoms with van der Waals surface area (Å²) in [5.74, 6) is 0.947. The molecule has 0 aliphatic carbocycles. The summed E-state index contributed by atoms with van der Waals surface area (Å²) in [6.07, 6.45) is 0. The number of amidine groups is 1. The van der Waals surface area contributed by atoms with Gasteiger partial charge in [0, 0.05) is 11.3 Å². The van der Waals surface area contributed by atoms with Crippen LogP contribution in [0, 0.1) is 0 Å². The summed E-state index contributed by atoms with van der Waals surface area (Å²) in [6.45, 7) is 14.3. The molecule has 3 nitrogen and oxygen atoms in total. The number of rotatable bonds is 5. The van der Waals surface area contributed by atoms with Gasteiger partial charge in [0.1, 0.15) is 6.67 Å². The van der Waals surface area contributed by atoms with Gasteiger partial charge >= 0.3 is 0 Å². The summed E-state index contributed by atoms with van der Waals surface area (Å²) in [7, 11) is 0. The van der Waals surface area contributed by atoms with Gasteiger partial charge in [-0.25, -0.2) is 5.01 Å². The van der Waals surface area contributed by atoms with Crippen molar-refractivity contribution in [2.24, 2.45) is 5.10 Å². The molecule has 3 heteroatoms. The third-order valence-corrected chi connectivity index (χ3v) is 8.17. The molecule has 0 unspecified atom stereocenters. The van der Waals surface area contributed by atoms with Gasteiger partial charge in [0.25, 0.3) is 0 Å². The average molecular weight is 564 g/mol. The Labute approximate surface area is 257 Å². The second-order valence-electron chi connectivity index (χ2n) is 13.5. The topological polar surface area (TPSA) is 18.8 Å². The smallest absolute Gasteiger partial charge is 0.162 e. The summed E-state index contributed by atoms with van der Waals surface area (Å²) >= 11 is 0. The minimum absolute atomic E-state index is 0.0238. The van der Waals surface area contributed by atoms with Gasteiger partial charge in [-0.3, -0.25) is 0 Å². The van der Waals surface area contributed by atoms with E-state index in [1.807, 2.05) is 0 Å². The number of hydrogen-bond acceptors (Lipinski definition) is 3. The normalized spacial score (nSPS) is 13.8. The molecule has 43 heavy (non-hydrogen) atoms. The highest BCUT2D eigenvalue weighted by molar-refractivity contribution is 6.12. The second-order valence-corrected chi connectivity index (χ2v) is 13.5. The Morgan fingerprint density at radius 1 is 0.465 bits per heavy atom. The van der Waals surface area contributed by atoms with Crippen molar-refractivity contribution in [3.63, 3.8) is 0 Å². The van der Waals surface area contributed by atoms with E-state index in [0.717, 1.165) is 22.8 Å². The fraction of sp³-hybridized carbons (Fsp3) is 0.225. The molecule has 0 saturated heterocycles. The van der Waals surface area contributed by atoms with Crippen LogP contribution in [0.5, 0.6) is 0 Å². The van der Waals surface area contributed by atoms with Crippen molar-refractivity contribution in [2.75, 3.05) is 16.6 Å². The van der Waals surface area contributed by atoms with Crippen LogP contribution < -0.4 is 9.91 Å². The van der Waals surface area contributed by atoms with Crippen LogP contribution in [0.1, 0.15) is 58.2 Å². The Morgan fingerprint density at radius 3 is 1.35 bits per heavy atom. The minimum Gasteiger partial charge on any atom is -0.304 e. The fourth-order valence-electron chi connectivity index (χ4n) is 5.53. The largest absolute Gasteiger partial charge is 0.304 e. The molecule has 0 fully saturated rings. The molecule has 0 N–H and O–H groups in total. The first kappa shape index (κ1) is 28.5. The van der Waals surface area contributed by atoms with Crippen LogP contribution in [0.3, 0.4) is 0 Å². The maximum atomic E-state index is 5.31. The fourth-order valence-corrected chi connectivity index (χ4v) is 5.53. The lowest BCUT2D eigenvalue weighted by Crippen LogP contribution is -2.31. The van der Waals surface area contributed by atoms with E-state index in [0.29, 0.717) is 6.67 Å². The van der Waals surface area contributed by atoms with Crippen molar-refractivity contribution in [1.29, 1.82) is 0 Å². The number of anilines is 2. The zero-order valence-electron chi connectivity index (χ0n) is 26.2. The summed E-state index contributed by atoms with van der Waals surface area (Å²) in [4.78, 5) is 2.36. The molecule has 5 aromatic carbocycles. The molecule has 0 bridgehead atoms. The van der Waals surface area contributed by atoms with E-state index in [2.05, 4.69) is 179 Å². The highest BCUT2D eigenvalue weighted by atomic mass is 15.6. The van der Waals surface area contributed by atoms with Crippen molar-refractivity contribution in [1.82, 2.24) is 0 Å². The third kappa shape index (κ3) is 6.12.